The Balaban J connectivity index is 1.59. The fourth-order valence-electron chi connectivity index (χ4n) is 6.40. The lowest BCUT2D eigenvalue weighted by molar-refractivity contribution is -0.135. The first-order valence-corrected chi connectivity index (χ1v) is 10.6. The Morgan fingerprint density at radius 2 is 2.12 bits per heavy atom. The fourth-order valence-corrected chi connectivity index (χ4v) is 6.40. The van der Waals surface area contributed by atoms with Gasteiger partial charge in [0.05, 0.1) is 0 Å². The maximum atomic E-state index is 13.1. The molecule has 140 valence electrons. The van der Waals surface area contributed by atoms with Crippen molar-refractivity contribution in [3.8, 4) is 5.75 Å². The summed E-state index contributed by atoms with van der Waals surface area (Å²) in [6.07, 6.45) is 6.69. The molecule has 3 aliphatic carbocycles. The van der Waals surface area contributed by atoms with E-state index in [9.17, 15) is 9.90 Å². The minimum absolute atomic E-state index is 0.0283. The minimum atomic E-state index is -0.0283. The Morgan fingerprint density at radius 3 is 2.85 bits per heavy atom. The van der Waals surface area contributed by atoms with Crippen molar-refractivity contribution in [3.05, 3.63) is 29.3 Å². The summed E-state index contributed by atoms with van der Waals surface area (Å²) in [6.45, 7) is 6.79. The van der Waals surface area contributed by atoms with Crippen LogP contribution >= 0.6 is 0 Å². The first-order valence-electron chi connectivity index (χ1n) is 10.6. The van der Waals surface area contributed by atoms with Gasteiger partial charge in [-0.1, -0.05) is 19.9 Å². The van der Waals surface area contributed by atoms with E-state index in [1.165, 1.54) is 30.5 Å². The summed E-state index contributed by atoms with van der Waals surface area (Å²) in [5, 5.41) is 10.2. The normalized spacial score (nSPS) is 36.7. The molecular weight excluding hydrogens is 322 g/mol. The number of Topliss-reactive ketones (excluding diaryl/α,β-unsaturated/α-hetero) is 1. The Kier molecular flexibility index (Phi) is 3.76. The van der Waals surface area contributed by atoms with E-state index in [0.717, 1.165) is 31.7 Å². The third-order valence-corrected chi connectivity index (χ3v) is 7.95. The van der Waals surface area contributed by atoms with Gasteiger partial charge >= 0.3 is 0 Å². The van der Waals surface area contributed by atoms with Crippen molar-refractivity contribution < 1.29 is 9.90 Å². The highest BCUT2D eigenvalue weighted by molar-refractivity contribution is 5.84. The quantitative estimate of drug-likeness (QED) is 0.895. The lowest BCUT2D eigenvalue weighted by atomic mass is 9.50. The van der Waals surface area contributed by atoms with Crippen LogP contribution in [-0.2, 0) is 16.6 Å². The average molecular weight is 354 g/mol. The second-order valence-corrected chi connectivity index (χ2v) is 9.79. The van der Waals surface area contributed by atoms with Crippen LogP contribution in [-0.4, -0.2) is 34.9 Å². The number of aromatic hydroxyl groups is 1. The molecule has 0 spiro atoms. The summed E-state index contributed by atoms with van der Waals surface area (Å²) in [5.41, 5.74) is 2.64. The number of phenolic OH excluding ortho intramolecular Hbond substituents is 1. The molecule has 0 radical (unpaired) electrons. The van der Waals surface area contributed by atoms with Gasteiger partial charge in [0.1, 0.15) is 11.5 Å². The van der Waals surface area contributed by atoms with Crippen LogP contribution in [0.3, 0.4) is 0 Å². The zero-order chi connectivity index (χ0) is 18.1. The van der Waals surface area contributed by atoms with Crippen LogP contribution in [0.2, 0.25) is 0 Å². The van der Waals surface area contributed by atoms with E-state index in [0.29, 0.717) is 35.8 Å². The summed E-state index contributed by atoms with van der Waals surface area (Å²) in [4.78, 5) is 15.8. The van der Waals surface area contributed by atoms with E-state index in [1.54, 1.807) is 0 Å². The van der Waals surface area contributed by atoms with E-state index in [2.05, 4.69) is 24.8 Å². The van der Waals surface area contributed by atoms with Gasteiger partial charge in [0, 0.05) is 30.3 Å². The molecule has 5 rings (SSSR count). The topological polar surface area (TPSA) is 40.5 Å². The molecule has 0 unspecified atom stereocenters. The van der Waals surface area contributed by atoms with E-state index >= 15 is 0 Å². The predicted octanol–water partition coefficient (Wildman–Crippen LogP) is 3.92. The first-order chi connectivity index (χ1) is 12.5. The molecule has 0 amide bonds. The van der Waals surface area contributed by atoms with E-state index in [4.69, 9.17) is 0 Å². The molecule has 3 heteroatoms. The number of likely N-dealkylation sites (tertiary alicyclic amines) is 1. The largest absolute Gasteiger partial charge is 0.508 e. The first kappa shape index (κ1) is 16.8. The zero-order valence-corrected chi connectivity index (χ0v) is 16.1. The highest BCUT2D eigenvalue weighted by Gasteiger charge is 2.58. The smallest absolute Gasteiger partial charge is 0.137 e. The van der Waals surface area contributed by atoms with Gasteiger partial charge in [-0.15, -0.1) is 0 Å². The molecular formula is C23H31NO2. The van der Waals surface area contributed by atoms with Crippen molar-refractivity contribution >= 4 is 5.78 Å². The van der Waals surface area contributed by atoms with Gasteiger partial charge in [-0.2, -0.15) is 0 Å². The Bertz CT molecular complexity index is 738. The molecule has 4 aliphatic rings. The van der Waals surface area contributed by atoms with Crippen LogP contribution < -0.4 is 0 Å². The molecule has 1 saturated heterocycles. The van der Waals surface area contributed by atoms with Crippen molar-refractivity contribution in [2.45, 2.75) is 63.8 Å². The van der Waals surface area contributed by atoms with Crippen molar-refractivity contribution in [1.29, 1.82) is 0 Å². The third-order valence-electron chi connectivity index (χ3n) is 7.95. The van der Waals surface area contributed by atoms with Crippen LogP contribution in [0.25, 0.3) is 0 Å². The molecule has 0 aromatic heterocycles. The Labute approximate surface area is 156 Å². The fraction of sp³-hybridized carbons (Fsp3) is 0.696. The number of phenols is 1. The number of carbonyl (C=O) groups is 1. The minimum Gasteiger partial charge on any atom is -0.508 e. The van der Waals surface area contributed by atoms with Gasteiger partial charge in [0.25, 0.3) is 0 Å². The summed E-state index contributed by atoms with van der Waals surface area (Å²) in [5.74, 6) is 2.94. The Morgan fingerprint density at radius 1 is 1.31 bits per heavy atom. The molecule has 26 heavy (non-hydrogen) atoms. The maximum absolute atomic E-state index is 13.1. The summed E-state index contributed by atoms with van der Waals surface area (Å²) in [6, 6.07) is 6.52. The molecule has 3 nitrogen and oxygen atoms in total. The standard InChI is InChI=1S/C23H31NO2/c1-14(2)18-11-20-21-9-16-5-6-17(25)10-19(16)23(20,12-22(18)26)7-8-24(21)13-15-3-4-15/h5-6,10,14-15,18,20-21,25H,3-4,7-9,11-13H2,1-2H3/t18-,20-,21+,23+/m0/s1. The summed E-state index contributed by atoms with van der Waals surface area (Å²) < 4.78 is 0. The number of hydrogen-bond acceptors (Lipinski definition) is 3. The number of fused-ring (bicyclic) bond motifs is 1. The van der Waals surface area contributed by atoms with Crippen molar-refractivity contribution in [2.24, 2.45) is 23.7 Å². The average Bonchev–Trinajstić information content (AvgIpc) is 3.41. The number of ketones is 1. The number of carbonyl (C=O) groups excluding carboxylic acids is 1. The van der Waals surface area contributed by atoms with Crippen LogP contribution in [0.5, 0.6) is 5.75 Å². The van der Waals surface area contributed by atoms with Crippen molar-refractivity contribution in [1.82, 2.24) is 4.90 Å². The molecule has 1 aliphatic heterocycles. The van der Waals surface area contributed by atoms with Gasteiger partial charge in [-0.05, 0) is 79.7 Å². The lowest BCUT2D eigenvalue weighted by Crippen LogP contribution is -2.63. The summed E-state index contributed by atoms with van der Waals surface area (Å²) in [7, 11) is 0. The second-order valence-electron chi connectivity index (χ2n) is 9.79. The van der Waals surface area contributed by atoms with Crippen molar-refractivity contribution in [2.75, 3.05) is 13.1 Å². The number of hydrogen-bond donors (Lipinski definition) is 1. The summed E-state index contributed by atoms with van der Waals surface area (Å²) >= 11 is 0. The highest BCUT2D eigenvalue weighted by Crippen LogP contribution is 2.57. The van der Waals surface area contributed by atoms with Gasteiger partial charge in [-0.3, -0.25) is 9.69 Å². The molecule has 3 fully saturated rings. The van der Waals surface area contributed by atoms with E-state index in [1.807, 2.05) is 12.1 Å². The number of rotatable bonds is 3. The molecule has 1 N–H and O–H groups in total. The third kappa shape index (κ3) is 2.46. The second kappa shape index (κ2) is 5.82. The van der Waals surface area contributed by atoms with E-state index < -0.39 is 0 Å². The van der Waals surface area contributed by atoms with Crippen LogP contribution in [0.15, 0.2) is 18.2 Å². The molecule has 2 saturated carbocycles. The van der Waals surface area contributed by atoms with Gasteiger partial charge in [0.2, 0.25) is 0 Å². The lowest BCUT2D eigenvalue weighted by Gasteiger charge is -2.60. The Hall–Kier alpha value is -1.35. The van der Waals surface area contributed by atoms with Crippen LogP contribution in [0.4, 0.5) is 0 Å². The zero-order valence-electron chi connectivity index (χ0n) is 16.1. The molecule has 1 heterocycles. The molecule has 4 atom stereocenters. The van der Waals surface area contributed by atoms with Crippen LogP contribution in [0.1, 0.15) is 57.1 Å². The van der Waals surface area contributed by atoms with Gasteiger partial charge in [-0.25, -0.2) is 0 Å². The monoisotopic (exact) mass is 353 g/mol. The maximum Gasteiger partial charge on any atom is 0.137 e. The predicted molar refractivity (Wildman–Crippen MR) is 102 cm³/mol. The van der Waals surface area contributed by atoms with Gasteiger partial charge in [0.15, 0.2) is 0 Å². The molecule has 1 aromatic carbocycles. The number of piperidine rings is 1. The van der Waals surface area contributed by atoms with Crippen LogP contribution in [0, 0.1) is 23.7 Å². The molecule has 1 aromatic rings. The SMILES string of the molecule is CC(C)[C@@H]1C[C@H]2[C@H]3Cc4ccc(O)cc4[C@@]2(CCN3CC2CC2)CC1=O. The van der Waals surface area contributed by atoms with Crippen molar-refractivity contribution in [3.63, 3.8) is 0 Å². The van der Waals surface area contributed by atoms with E-state index in [-0.39, 0.29) is 11.3 Å². The van der Waals surface area contributed by atoms with Gasteiger partial charge < -0.3 is 5.11 Å². The number of nitrogens with zero attached hydrogens (tertiary/aromatic N) is 1. The highest BCUT2D eigenvalue weighted by atomic mass is 16.3. The molecule has 2 bridgehead atoms. The number of benzene rings is 1.